The van der Waals surface area contributed by atoms with Crippen molar-refractivity contribution in [2.45, 2.75) is 24.5 Å². The molecule has 0 spiro atoms. The van der Waals surface area contributed by atoms with Gasteiger partial charge in [0.2, 0.25) is 5.28 Å². The highest BCUT2D eigenvalue weighted by molar-refractivity contribution is 6.28. The summed E-state index contributed by atoms with van der Waals surface area (Å²) in [5.74, 6) is 5.56. The molecular weight excluding hydrogens is 304 g/mol. The SMILES string of the molecule is NNc1nc(Cl)nc2c1ncn2[C@@H]1O[C@H](CO)[C@@H](O)[C@H]1O. The minimum absolute atomic E-state index is 0.0658. The van der Waals surface area contributed by atoms with E-state index in [0.717, 1.165) is 0 Å². The highest BCUT2D eigenvalue weighted by Gasteiger charge is 2.44. The molecule has 1 fully saturated rings. The van der Waals surface area contributed by atoms with Crippen LogP contribution in [-0.4, -0.2) is 59.8 Å². The zero-order chi connectivity index (χ0) is 15.1. The number of aromatic nitrogens is 4. The van der Waals surface area contributed by atoms with Gasteiger partial charge in [-0.2, -0.15) is 9.97 Å². The maximum Gasteiger partial charge on any atom is 0.226 e. The number of rotatable bonds is 3. The molecule has 4 atom stereocenters. The number of halogens is 1. The van der Waals surface area contributed by atoms with Gasteiger partial charge in [-0.05, 0) is 11.6 Å². The lowest BCUT2D eigenvalue weighted by Crippen LogP contribution is -2.33. The standard InChI is InChI=1S/C10H13ClN6O4/c11-10-14-7(16-12)4-8(15-10)17(2-13-4)9-6(20)5(19)3(1-18)21-9/h2-3,5-6,9,18-20H,1,12H2,(H,14,15,16)/t3-,5-,6-,9-/m1/s1. The van der Waals surface area contributed by atoms with Gasteiger partial charge in [0, 0.05) is 0 Å². The van der Waals surface area contributed by atoms with E-state index in [0.29, 0.717) is 5.52 Å². The van der Waals surface area contributed by atoms with Gasteiger partial charge in [-0.1, -0.05) is 0 Å². The molecule has 0 amide bonds. The Labute approximate surface area is 123 Å². The van der Waals surface area contributed by atoms with Crippen LogP contribution in [0, 0.1) is 0 Å². The number of aliphatic hydroxyl groups excluding tert-OH is 3. The summed E-state index contributed by atoms with van der Waals surface area (Å²) in [7, 11) is 0. The molecule has 2 aromatic rings. The average molecular weight is 317 g/mol. The number of fused-ring (bicyclic) bond motifs is 1. The lowest BCUT2D eigenvalue weighted by atomic mass is 10.1. The van der Waals surface area contributed by atoms with E-state index in [2.05, 4.69) is 20.4 Å². The maximum atomic E-state index is 10.0. The number of hydrazine groups is 1. The van der Waals surface area contributed by atoms with Crippen LogP contribution >= 0.6 is 11.6 Å². The van der Waals surface area contributed by atoms with Crippen LogP contribution in [-0.2, 0) is 4.74 Å². The van der Waals surface area contributed by atoms with Crippen molar-refractivity contribution in [3.63, 3.8) is 0 Å². The molecule has 21 heavy (non-hydrogen) atoms. The number of ether oxygens (including phenoxy) is 1. The molecule has 0 unspecified atom stereocenters. The van der Waals surface area contributed by atoms with Gasteiger partial charge in [0.15, 0.2) is 23.2 Å². The summed E-state index contributed by atoms with van der Waals surface area (Å²) in [6.07, 6.45) is -2.97. The number of nitrogens with two attached hydrogens (primary N) is 1. The zero-order valence-electron chi connectivity index (χ0n) is 10.6. The van der Waals surface area contributed by atoms with Crippen LogP contribution in [0.2, 0.25) is 5.28 Å². The number of hydrogen-bond acceptors (Lipinski definition) is 9. The molecule has 1 aliphatic rings. The molecule has 2 aromatic heterocycles. The average Bonchev–Trinajstić information content (AvgIpc) is 3.01. The summed E-state index contributed by atoms with van der Waals surface area (Å²) < 4.78 is 6.81. The van der Waals surface area contributed by atoms with Crippen molar-refractivity contribution in [3.8, 4) is 0 Å². The summed E-state index contributed by atoms with van der Waals surface area (Å²) in [5, 5.41) is 28.9. The molecular formula is C10H13ClN6O4. The second kappa shape index (κ2) is 5.33. The fourth-order valence-electron chi connectivity index (χ4n) is 2.29. The first-order valence-corrected chi connectivity index (χ1v) is 6.43. The molecule has 3 heterocycles. The Balaban J connectivity index is 2.07. The van der Waals surface area contributed by atoms with E-state index in [1.54, 1.807) is 0 Å². The first kappa shape index (κ1) is 14.4. The Hall–Kier alpha value is -1.56. The Bertz CT molecular complexity index is 666. The molecule has 0 aliphatic carbocycles. The molecule has 114 valence electrons. The predicted molar refractivity (Wildman–Crippen MR) is 71.2 cm³/mol. The van der Waals surface area contributed by atoms with E-state index in [4.69, 9.17) is 27.3 Å². The fourth-order valence-corrected chi connectivity index (χ4v) is 2.45. The van der Waals surface area contributed by atoms with E-state index in [1.807, 2.05) is 0 Å². The monoisotopic (exact) mass is 316 g/mol. The van der Waals surface area contributed by atoms with Gasteiger partial charge in [0.25, 0.3) is 0 Å². The van der Waals surface area contributed by atoms with Crippen LogP contribution in [0.3, 0.4) is 0 Å². The van der Waals surface area contributed by atoms with Gasteiger partial charge in [-0.15, -0.1) is 0 Å². The number of aliphatic hydroxyl groups is 3. The van der Waals surface area contributed by atoms with E-state index in [9.17, 15) is 10.2 Å². The van der Waals surface area contributed by atoms with Gasteiger partial charge >= 0.3 is 0 Å². The van der Waals surface area contributed by atoms with E-state index >= 15 is 0 Å². The lowest BCUT2D eigenvalue weighted by molar-refractivity contribution is -0.0511. The van der Waals surface area contributed by atoms with Crippen LogP contribution < -0.4 is 11.3 Å². The third-order valence-electron chi connectivity index (χ3n) is 3.32. The maximum absolute atomic E-state index is 10.0. The number of nitrogens with zero attached hydrogens (tertiary/aromatic N) is 4. The second-order valence-corrected chi connectivity index (χ2v) is 4.88. The number of hydrogen-bond donors (Lipinski definition) is 5. The van der Waals surface area contributed by atoms with E-state index in [1.165, 1.54) is 10.9 Å². The summed E-state index contributed by atoms with van der Waals surface area (Å²) in [6.45, 7) is -0.424. The molecule has 6 N–H and O–H groups in total. The third kappa shape index (κ3) is 2.21. The third-order valence-corrected chi connectivity index (χ3v) is 3.49. The van der Waals surface area contributed by atoms with Crippen molar-refractivity contribution in [2.75, 3.05) is 12.0 Å². The van der Waals surface area contributed by atoms with Crippen molar-refractivity contribution in [1.82, 2.24) is 19.5 Å². The number of nitrogens with one attached hydrogen (secondary N) is 1. The van der Waals surface area contributed by atoms with Crippen molar-refractivity contribution in [3.05, 3.63) is 11.6 Å². The minimum atomic E-state index is -1.25. The Kier molecular flexibility index (Phi) is 3.65. The number of anilines is 1. The second-order valence-electron chi connectivity index (χ2n) is 4.54. The quantitative estimate of drug-likeness (QED) is 0.255. The number of imidazole rings is 1. The van der Waals surface area contributed by atoms with Crippen LogP contribution in [0.4, 0.5) is 5.82 Å². The van der Waals surface area contributed by atoms with Gasteiger partial charge in [-0.3, -0.25) is 4.57 Å². The minimum Gasteiger partial charge on any atom is -0.394 e. The smallest absolute Gasteiger partial charge is 0.226 e. The van der Waals surface area contributed by atoms with Crippen molar-refractivity contribution >= 4 is 28.6 Å². The molecule has 1 aliphatic heterocycles. The molecule has 0 aromatic carbocycles. The lowest BCUT2D eigenvalue weighted by Gasteiger charge is -2.16. The van der Waals surface area contributed by atoms with Crippen molar-refractivity contribution in [2.24, 2.45) is 5.84 Å². The van der Waals surface area contributed by atoms with Gasteiger partial charge in [0.1, 0.15) is 18.3 Å². The summed E-state index contributed by atoms with van der Waals surface area (Å²) >= 11 is 5.81. The molecule has 10 nitrogen and oxygen atoms in total. The summed E-state index contributed by atoms with van der Waals surface area (Å²) in [4.78, 5) is 12.0. The highest BCUT2D eigenvalue weighted by Crippen LogP contribution is 2.32. The molecule has 3 rings (SSSR count). The first-order chi connectivity index (χ1) is 10.1. The van der Waals surface area contributed by atoms with E-state index in [-0.39, 0.29) is 16.7 Å². The number of nitrogen functional groups attached to an aromatic ring is 1. The van der Waals surface area contributed by atoms with Gasteiger partial charge in [0.05, 0.1) is 12.9 Å². The highest BCUT2D eigenvalue weighted by atomic mass is 35.5. The molecule has 0 radical (unpaired) electrons. The van der Waals surface area contributed by atoms with Crippen LogP contribution in [0.1, 0.15) is 6.23 Å². The Morgan fingerprint density at radius 1 is 1.38 bits per heavy atom. The summed E-state index contributed by atoms with van der Waals surface area (Å²) in [5.41, 5.74) is 2.96. The van der Waals surface area contributed by atoms with Crippen LogP contribution in [0.15, 0.2) is 6.33 Å². The predicted octanol–water partition coefficient (Wildman–Crippen LogP) is -1.62. The Morgan fingerprint density at radius 2 is 2.14 bits per heavy atom. The van der Waals surface area contributed by atoms with E-state index < -0.39 is 31.1 Å². The van der Waals surface area contributed by atoms with Crippen molar-refractivity contribution < 1.29 is 20.1 Å². The van der Waals surface area contributed by atoms with Crippen LogP contribution in [0.5, 0.6) is 0 Å². The fraction of sp³-hybridized carbons (Fsp3) is 0.500. The van der Waals surface area contributed by atoms with Gasteiger partial charge < -0.3 is 25.5 Å². The first-order valence-electron chi connectivity index (χ1n) is 6.06. The zero-order valence-corrected chi connectivity index (χ0v) is 11.3. The molecule has 11 heteroatoms. The molecule has 0 bridgehead atoms. The van der Waals surface area contributed by atoms with Crippen molar-refractivity contribution in [1.29, 1.82) is 0 Å². The summed E-state index contributed by atoms with van der Waals surface area (Å²) in [6, 6.07) is 0. The molecule has 1 saturated heterocycles. The molecule has 0 saturated carbocycles. The van der Waals surface area contributed by atoms with Gasteiger partial charge in [-0.25, -0.2) is 10.8 Å². The largest absolute Gasteiger partial charge is 0.394 e. The topological polar surface area (TPSA) is 152 Å². The normalized spacial score (nSPS) is 29.2. The Morgan fingerprint density at radius 3 is 2.76 bits per heavy atom. The van der Waals surface area contributed by atoms with Crippen LogP contribution in [0.25, 0.3) is 11.2 Å².